The summed E-state index contributed by atoms with van der Waals surface area (Å²) in [6, 6.07) is 4.87. The van der Waals surface area contributed by atoms with Crippen LogP contribution in [0, 0.1) is 18.7 Å². The van der Waals surface area contributed by atoms with Crippen molar-refractivity contribution in [1.82, 2.24) is 5.32 Å². The Morgan fingerprint density at radius 3 is 2.53 bits per heavy atom. The van der Waals surface area contributed by atoms with E-state index in [2.05, 4.69) is 10.2 Å². The first-order chi connectivity index (χ1) is 8.61. The van der Waals surface area contributed by atoms with Crippen LogP contribution in [-0.2, 0) is 4.79 Å². The van der Waals surface area contributed by atoms with Gasteiger partial charge < -0.3 is 10.2 Å². The number of nitrogens with one attached hydrogen (secondary N) is 1. The molecule has 0 radical (unpaired) electrons. The smallest absolute Gasteiger partial charge is 0.222 e. The van der Waals surface area contributed by atoms with Crippen LogP contribution < -0.4 is 10.2 Å². The number of anilines is 1. The maximum absolute atomic E-state index is 13.1. The summed E-state index contributed by atoms with van der Waals surface area (Å²) in [7, 11) is 1.68. The Balaban J connectivity index is 0.00000180. The first-order valence-electron chi connectivity index (χ1n) is 6.34. The lowest BCUT2D eigenvalue weighted by atomic mass is 9.95. The van der Waals surface area contributed by atoms with Gasteiger partial charge in [0.15, 0.2) is 0 Å². The van der Waals surface area contributed by atoms with Crippen molar-refractivity contribution >= 4 is 24.0 Å². The van der Waals surface area contributed by atoms with Crippen LogP contribution in [0.1, 0.15) is 18.4 Å². The third-order valence-electron chi connectivity index (χ3n) is 3.61. The van der Waals surface area contributed by atoms with Crippen LogP contribution in [0.3, 0.4) is 0 Å². The van der Waals surface area contributed by atoms with Crippen molar-refractivity contribution in [1.29, 1.82) is 0 Å². The highest BCUT2D eigenvalue weighted by atomic mass is 35.5. The number of hydrogen-bond acceptors (Lipinski definition) is 2. The van der Waals surface area contributed by atoms with Gasteiger partial charge in [-0.2, -0.15) is 0 Å². The Labute approximate surface area is 119 Å². The number of amides is 1. The van der Waals surface area contributed by atoms with Gasteiger partial charge in [0.2, 0.25) is 5.91 Å². The standard InChI is InChI=1S/C14H19FN2O.ClH/c1-10-9-12(15)3-4-13(10)17-7-5-11(6-8-17)14(18)16-2;/h3-4,9,11H,5-8H2,1-2H3,(H,16,18);1H. The molecule has 0 aliphatic carbocycles. The summed E-state index contributed by atoms with van der Waals surface area (Å²) in [5, 5.41) is 2.70. The van der Waals surface area contributed by atoms with Gasteiger partial charge in [-0.1, -0.05) is 0 Å². The molecular weight excluding hydrogens is 267 g/mol. The highest BCUT2D eigenvalue weighted by Gasteiger charge is 2.24. The van der Waals surface area contributed by atoms with Crippen LogP contribution in [0.5, 0.6) is 0 Å². The lowest BCUT2D eigenvalue weighted by Gasteiger charge is -2.33. The molecule has 1 saturated heterocycles. The van der Waals surface area contributed by atoms with Gasteiger partial charge in [0.1, 0.15) is 5.82 Å². The fourth-order valence-electron chi connectivity index (χ4n) is 2.56. The summed E-state index contributed by atoms with van der Waals surface area (Å²) in [5.41, 5.74) is 2.03. The number of halogens is 2. The zero-order valence-electron chi connectivity index (χ0n) is 11.3. The number of carbonyl (C=O) groups is 1. The van der Waals surface area contributed by atoms with E-state index in [1.165, 1.54) is 6.07 Å². The normalized spacial score (nSPS) is 15.8. The monoisotopic (exact) mass is 286 g/mol. The van der Waals surface area contributed by atoms with E-state index in [9.17, 15) is 9.18 Å². The minimum Gasteiger partial charge on any atom is -0.371 e. The van der Waals surface area contributed by atoms with Crippen molar-refractivity contribution in [2.45, 2.75) is 19.8 Å². The first kappa shape index (κ1) is 15.8. The Morgan fingerprint density at radius 1 is 1.37 bits per heavy atom. The van der Waals surface area contributed by atoms with Gasteiger partial charge in [-0.05, 0) is 43.5 Å². The average molecular weight is 287 g/mol. The minimum atomic E-state index is -0.198. The van der Waals surface area contributed by atoms with E-state index in [4.69, 9.17) is 0 Å². The molecule has 1 aliphatic heterocycles. The molecule has 0 bridgehead atoms. The second-order valence-electron chi connectivity index (χ2n) is 4.81. The molecule has 0 saturated carbocycles. The Kier molecular flexibility index (Phi) is 5.60. The lowest BCUT2D eigenvalue weighted by molar-refractivity contribution is -0.125. The topological polar surface area (TPSA) is 32.3 Å². The van der Waals surface area contributed by atoms with Gasteiger partial charge in [0.25, 0.3) is 0 Å². The van der Waals surface area contributed by atoms with Crippen LogP contribution in [0.2, 0.25) is 0 Å². The van der Waals surface area contributed by atoms with Crippen LogP contribution >= 0.6 is 12.4 Å². The minimum absolute atomic E-state index is 0. The second kappa shape index (κ2) is 6.75. The number of benzene rings is 1. The van der Waals surface area contributed by atoms with Gasteiger partial charge in [-0.15, -0.1) is 12.4 Å². The predicted molar refractivity (Wildman–Crippen MR) is 77.4 cm³/mol. The molecule has 19 heavy (non-hydrogen) atoms. The molecule has 1 aromatic carbocycles. The van der Waals surface area contributed by atoms with Crippen molar-refractivity contribution in [3.8, 4) is 0 Å². The van der Waals surface area contributed by atoms with Crippen LogP contribution in [0.4, 0.5) is 10.1 Å². The predicted octanol–water partition coefficient (Wildman–Crippen LogP) is 2.52. The molecule has 5 heteroatoms. The van der Waals surface area contributed by atoms with Gasteiger partial charge in [-0.25, -0.2) is 4.39 Å². The summed E-state index contributed by atoms with van der Waals surface area (Å²) in [4.78, 5) is 13.8. The van der Waals surface area contributed by atoms with Crippen molar-refractivity contribution < 1.29 is 9.18 Å². The fourth-order valence-corrected chi connectivity index (χ4v) is 2.56. The third kappa shape index (κ3) is 3.60. The lowest BCUT2D eigenvalue weighted by Crippen LogP contribution is -2.39. The average Bonchev–Trinajstić information content (AvgIpc) is 2.38. The van der Waals surface area contributed by atoms with E-state index in [1.54, 1.807) is 13.1 Å². The number of hydrogen-bond donors (Lipinski definition) is 1. The number of piperidine rings is 1. The number of carbonyl (C=O) groups excluding carboxylic acids is 1. The molecule has 1 heterocycles. The fraction of sp³-hybridized carbons (Fsp3) is 0.500. The Hall–Kier alpha value is -1.29. The molecule has 106 valence electrons. The zero-order valence-corrected chi connectivity index (χ0v) is 12.1. The van der Waals surface area contributed by atoms with Gasteiger partial charge in [0, 0.05) is 31.7 Å². The maximum atomic E-state index is 13.1. The van der Waals surface area contributed by atoms with Crippen LogP contribution in [-0.4, -0.2) is 26.0 Å². The molecule has 0 spiro atoms. The molecule has 1 fully saturated rings. The molecule has 0 atom stereocenters. The molecule has 0 aromatic heterocycles. The van der Waals surface area contributed by atoms with Gasteiger partial charge in [0.05, 0.1) is 0 Å². The van der Waals surface area contributed by atoms with E-state index < -0.39 is 0 Å². The Morgan fingerprint density at radius 2 is 2.00 bits per heavy atom. The molecular formula is C14H20ClFN2O. The van der Waals surface area contributed by atoms with Crippen LogP contribution in [0.15, 0.2) is 18.2 Å². The van der Waals surface area contributed by atoms with E-state index in [0.29, 0.717) is 0 Å². The molecule has 1 aromatic rings. The molecule has 3 nitrogen and oxygen atoms in total. The second-order valence-corrected chi connectivity index (χ2v) is 4.81. The molecule has 1 amide bonds. The summed E-state index contributed by atoms with van der Waals surface area (Å²) in [6.07, 6.45) is 1.72. The largest absolute Gasteiger partial charge is 0.371 e. The summed E-state index contributed by atoms with van der Waals surface area (Å²) < 4.78 is 13.1. The van der Waals surface area contributed by atoms with Gasteiger partial charge >= 0.3 is 0 Å². The highest BCUT2D eigenvalue weighted by molar-refractivity contribution is 5.85. The maximum Gasteiger partial charge on any atom is 0.222 e. The number of nitrogens with zero attached hydrogens (tertiary/aromatic N) is 1. The quantitative estimate of drug-likeness (QED) is 0.906. The first-order valence-corrected chi connectivity index (χ1v) is 6.34. The summed E-state index contributed by atoms with van der Waals surface area (Å²) in [5.74, 6) is 0.0500. The zero-order chi connectivity index (χ0) is 13.1. The number of aryl methyl sites for hydroxylation is 1. The summed E-state index contributed by atoms with van der Waals surface area (Å²) >= 11 is 0. The highest BCUT2D eigenvalue weighted by Crippen LogP contribution is 2.26. The van der Waals surface area contributed by atoms with Gasteiger partial charge in [-0.3, -0.25) is 4.79 Å². The van der Waals surface area contributed by atoms with Crippen molar-refractivity contribution in [2.24, 2.45) is 5.92 Å². The molecule has 1 aliphatic rings. The Bertz CT molecular complexity index is 445. The van der Waals surface area contributed by atoms with Crippen molar-refractivity contribution in [3.63, 3.8) is 0 Å². The molecule has 0 unspecified atom stereocenters. The molecule has 1 N–H and O–H groups in total. The van der Waals surface area contributed by atoms with E-state index >= 15 is 0 Å². The van der Waals surface area contributed by atoms with E-state index in [-0.39, 0.29) is 30.0 Å². The summed E-state index contributed by atoms with van der Waals surface area (Å²) in [6.45, 7) is 3.62. The SMILES string of the molecule is CNC(=O)C1CCN(c2ccc(F)cc2C)CC1.Cl. The van der Waals surface area contributed by atoms with Crippen molar-refractivity contribution in [2.75, 3.05) is 25.0 Å². The van der Waals surface area contributed by atoms with E-state index in [1.807, 2.05) is 13.0 Å². The number of rotatable bonds is 2. The van der Waals surface area contributed by atoms with Crippen molar-refractivity contribution in [3.05, 3.63) is 29.6 Å². The molecule has 2 rings (SSSR count). The van der Waals surface area contributed by atoms with E-state index in [0.717, 1.165) is 37.2 Å². The van der Waals surface area contributed by atoms with Crippen LogP contribution in [0.25, 0.3) is 0 Å². The third-order valence-corrected chi connectivity index (χ3v) is 3.61.